The standard InChI is InChI=1S/C4H9N2O2/c7-4-6(8)2-1-5-3-6/h4-5,8H,1-3H2/q+1. The van der Waals surface area contributed by atoms with Gasteiger partial charge in [-0.05, 0) is 0 Å². The fourth-order valence-electron chi connectivity index (χ4n) is 0.714. The van der Waals surface area contributed by atoms with Crippen molar-refractivity contribution in [3.63, 3.8) is 0 Å². The number of rotatable bonds is 1. The van der Waals surface area contributed by atoms with Crippen molar-refractivity contribution in [1.29, 1.82) is 0 Å². The van der Waals surface area contributed by atoms with Crippen LogP contribution in [-0.4, -0.2) is 36.0 Å². The minimum absolute atomic E-state index is 0.351. The van der Waals surface area contributed by atoms with Crippen molar-refractivity contribution in [2.75, 3.05) is 19.8 Å². The van der Waals surface area contributed by atoms with Gasteiger partial charge in [-0.2, -0.15) is 0 Å². The van der Waals surface area contributed by atoms with Crippen LogP contribution >= 0.6 is 0 Å². The Balaban J connectivity index is 2.52. The van der Waals surface area contributed by atoms with Crippen molar-refractivity contribution in [3.8, 4) is 0 Å². The Kier molecular flexibility index (Phi) is 1.29. The average molecular weight is 117 g/mol. The van der Waals surface area contributed by atoms with Crippen molar-refractivity contribution < 1.29 is 14.6 Å². The maximum absolute atomic E-state index is 10.0. The summed E-state index contributed by atoms with van der Waals surface area (Å²) < 4.78 is -0.472. The molecule has 1 rings (SSSR count). The molecule has 1 heterocycles. The lowest BCUT2D eigenvalue weighted by molar-refractivity contribution is -1.02. The number of carbonyl (C=O) groups is 1. The molecule has 4 heteroatoms. The Bertz CT molecular complexity index is 98.2. The molecule has 0 aromatic rings. The molecule has 1 fully saturated rings. The SMILES string of the molecule is O=C[N+]1(O)CCNC1. The van der Waals surface area contributed by atoms with Crippen molar-refractivity contribution in [3.05, 3.63) is 0 Å². The lowest BCUT2D eigenvalue weighted by atomic mass is 10.6. The highest BCUT2D eigenvalue weighted by Gasteiger charge is 2.29. The van der Waals surface area contributed by atoms with Crippen LogP contribution in [0.4, 0.5) is 0 Å². The fraction of sp³-hybridized carbons (Fsp3) is 0.750. The first-order chi connectivity index (χ1) is 3.77. The Morgan fingerprint density at radius 2 is 2.50 bits per heavy atom. The zero-order chi connectivity index (χ0) is 6.04. The molecule has 1 unspecified atom stereocenters. The summed E-state index contributed by atoms with van der Waals surface area (Å²) >= 11 is 0. The van der Waals surface area contributed by atoms with Crippen molar-refractivity contribution in [2.45, 2.75) is 0 Å². The second kappa shape index (κ2) is 1.81. The van der Waals surface area contributed by atoms with Crippen LogP contribution in [0.25, 0.3) is 0 Å². The van der Waals surface area contributed by atoms with E-state index in [1.807, 2.05) is 0 Å². The zero-order valence-corrected chi connectivity index (χ0v) is 4.50. The van der Waals surface area contributed by atoms with Crippen LogP contribution in [0.3, 0.4) is 0 Å². The maximum atomic E-state index is 10.0. The van der Waals surface area contributed by atoms with Crippen LogP contribution in [0.1, 0.15) is 0 Å². The molecule has 0 aliphatic carbocycles. The molecule has 1 aliphatic rings. The first-order valence-electron chi connectivity index (χ1n) is 2.53. The molecular weight excluding hydrogens is 108 g/mol. The molecule has 46 valence electrons. The van der Waals surface area contributed by atoms with Crippen molar-refractivity contribution in [2.24, 2.45) is 0 Å². The van der Waals surface area contributed by atoms with Gasteiger partial charge in [-0.25, -0.2) is 10.0 Å². The first-order valence-corrected chi connectivity index (χ1v) is 2.53. The predicted molar refractivity (Wildman–Crippen MR) is 25.8 cm³/mol. The monoisotopic (exact) mass is 117 g/mol. The first kappa shape index (κ1) is 5.68. The topological polar surface area (TPSA) is 49.3 Å². The number of hydroxylamine groups is 3. The van der Waals surface area contributed by atoms with Crippen LogP contribution in [0.15, 0.2) is 0 Å². The number of hydrogen-bond donors (Lipinski definition) is 2. The Morgan fingerprint density at radius 1 is 1.75 bits per heavy atom. The predicted octanol–water partition coefficient (Wildman–Crippen LogP) is -1.09. The highest BCUT2D eigenvalue weighted by Crippen LogP contribution is 1.97. The number of hydrogen-bond acceptors (Lipinski definition) is 3. The van der Waals surface area contributed by atoms with Crippen LogP contribution in [0.5, 0.6) is 0 Å². The quantitative estimate of drug-likeness (QED) is 0.260. The van der Waals surface area contributed by atoms with Gasteiger partial charge in [0.15, 0.2) is 6.67 Å². The maximum Gasteiger partial charge on any atom is 0.334 e. The molecule has 0 spiro atoms. The molecule has 1 amide bonds. The fourth-order valence-corrected chi connectivity index (χ4v) is 0.714. The van der Waals surface area contributed by atoms with E-state index in [1.54, 1.807) is 0 Å². The van der Waals surface area contributed by atoms with Crippen LogP contribution in [0, 0.1) is 0 Å². The summed E-state index contributed by atoms with van der Waals surface area (Å²) in [4.78, 5) is 10.0. The zero-order valence-electron chi connectivity index (χ0n) is 4.50. The summed E-state index contributed by atoms with van der Waals surface area (Å²) in [6, 6.07) is 0. The molecule has 4 nitrogen and oxygen atoms in total. The van der Waals surface area contributed by atoms with Crippen LogP contribution < -0.4 is 5.32 Å². The molecule has 0 aromatic heterocycles. The lowest BCUT2D eigenvalue weighted by Crippen LogP contribution is -2.41. The molecule has 1 atom stereocenters. The smallest absolute Gasteiger partial charge is 0.262 e. The number of quaternary nitrogens is 1. The largest absolute Gasteiger partial charge is 0.334 e. The lowest BCUT2D eigenvalue weighted by Gasteiger charge is -2.12. The minimum Gasteiger partial charge on any atom is -0.262 e. The summed E-state index contributed by atoms with van der Waals surface area (Å²) in [7, 11) is 0. The van der Waals surface area contributed by atoms with Gasteiger partial charge < -0.3 is 0 Å². The van der Waals surface area contributed by atoms with Crippen LogP contribution in [-0.2, 0) is 4.79 Å². The van der Waals surface area contributed by atoms with E-state index in [0.717, 1.165) is 6.54 Å². The van der Waals surface area contributed by atoms with Gasteiger partial charge >= 0.3 is 6.41 Å². The van der Waals surface area contributed by atoms with Gasteiger partial charge in [0, 0.05) is 0 Å². The molecule has 1 saturated heterocycles. The summed E-state index contributed by atoms with van der Waals surface area (Å²) in [5, 5.41) is 11.9. The Hall–Kier alpha value is -0.450. The van der Waals surface area contributed by atoms with Gasteiger partial charge in [0.25, 0.3) is 0 Å². The van der Waals surface area contributed by atoms with Gasteiger partial charge in [-0.3, -0.25) is 5.32 Å². The molecule has 2 N–H and O–H groups in total. The van der Waals surface area contributed by atoms with E-state index in [0.29, 0.717) is 19.6 Å². The second-order valence-corrected chi connectivity index (χ2v) is 1.97. The highest BCUT2D eigenvalue weighted by atomic mass is 16.6. The number of nitrogens with one attached hydrogen (secondary N) is 1. The number of amides is 1. The minimum atomic E-state index is -0.472. The highest BCUT2D eigenvalue weighted by molar-refractivity contribution is 5.36. The van der Waals surface area contributed by atoms with E-state index in [9.17, 15) is 4.79 Å². The Labute approximate surface area is 47.3 Å². The molecule has 0 saturated carbocycles. The Morgan fingerprint density at radius 3 is 2.75 bits per heavy atom. The normalized spacial score (nSPS) is 37.6. The summed E-state index contributed by atoms with van der Waals surface area (Å²) in [6.45, 7) is 1.56. The van der Waals surface area contributed by atoms with Gasteiger partial charge in [-0.1, -0.05) is 0 Å². The van der Waals surface area contributed by atoms with Gasteiger partial charge in [0.2, 0.25) is 0 Å². The second-order valence-electron chi connectivity index (χ2n) is 1.97. The summed E-state index contributed by atoms with van der Waals surface area (Å²) in [5.41, 5.74) is 0. The van der Waals surface area contributed by atoms with Gasteiger partial charge in [-0.15, -0.1) is 4.65 Å². The van der Waals surface area contributed by atoms with Gasteiger partial charge in [0.05, 0.1) is 6.54 Å². The van der Waals surface area contributed by atoms with Gasteiger partial charge in [0.1, 0.15) is 6.54 Å². The molecular formula is C4H9N2O2+. The van der Waals surface area contributed by atoms with Crippen molar-refractivity contribution >= 4 is 6.41 Å². The summed E-state index contributed by atoms with van der Waals surface area (Å²) in [6.07, 6.45) is 0.542. The third-order valence-electron chi connectivity index (χ3n) is 1.26. The third kappa shape index (κ3) is 0.861. The van der Waals surface area contributed by atoms with Crippen molar-refractivity contribution in [1.82, 2.24) is 5.32 Å². The molecule has 8 heavy (non-hydrogen) atoms. The average Bonchev–Trinajstić information content (AvgIpc) is 2.17. The van der Waals surface area contributed by atoms with E-state index in [-0.39, 0.29) is 0 Å². The van der Waals surface area contributed by atoms with E-state index in [1.165, 1.54) is 0 Å². The number of carbonyl (C=O) groups excluding carboxylic acids is 1. The molecule has 0 radical (unpaired) electrons. The molecule has 0 bridgehead atoms. The molecule has 1 aliphatic heterocycles. The van der Waals surface area contributed by atoms with E-state index in [2.05, 4.69) is 5.32 Å². The summed E-state index contributed by atoms with van der Waals surface area (Å²) in [5.74, 6) is 0. The van der Waals surface area contributed by atoms with E-state index >= 15 is 0 Å². The van der Waals surface area contributed by atoms with E-state index in [4.69, 9.17) is 5.21 Å². The van der Waals surface area contributed by atoms with E-state index < -0.39 is 4.65 Å². The van der Waals surface area contributed by atoms with Crippen LogP contribution in [0.2, 0.25) is 0 Å². The molecule has 0 aromatic carbocycles. The number of nitrogens with zero attached hydrogens (tertiary/aromatic N) is 1. The third-order valence-corrected chi connectivity index (χ3v) is 1.26.